The number of hydrogen-bond donors (Lipinski definition) is 2. The zero-order chi connectivity index (χ0) is 12.1. The van der Waals surface area contributed by atoms with Crippen molar-refractivity contribution in [3.8, 4) is 11.3 Å². The number of H-pyrrole nitrogens is 1. The topological polar surface area (TPSA) is 40.7 Å². The zero-order valence-electron chi connectivity index (χ0n) is 9.91. The average molecular weight is 260 g/mol. The normalized spacial score (nSPS) is 25.2. The van der Waals surface area contributed by atoms with E-state index in [0.29, 0.717) is 12.1 Å². The fourth-order valence-electron chi connectivity index (χ4n) is 3.20. The molecule has 0 aliphatic carbocycles. The molecule has 1 saturated heterocycles. The molecule has 18 heavy (non-hydrogen) atoms. The van der Waals surface area contributed by atoms with E-state index in [2.05, 4.69) is 15.5 Å². The smallest absolute Gasteiger partial charge is 0.0971 e. The van der Waals surface area contributed by atoms with Crippen LogP contribution in [0.2, 0.25) is 5.02 Å². The lowest BCUT2D eigenvalue weighted by Gasteiger charge is -2.21. The molecule has 0 spiro atoms. The van der Waals surface area contributed by atoms with Gasteiger partial charge in [0, 0.05) is 40.3 Å². The van der Waals surface area contributed by atoms with Crippen molar-refractivity contribution < 1.29 is 0 Å². The van der Waals surface area contributed by atoms with Crippen LogP contribution in [0, 0.1) is 0 Å². The van der Waals surface area contributed by atoms with Gasteiger partial charge in [0.25, 0.3) is 0 Å². The third-order valence-electron chi connectivity index (χ3n) is 4.04. The van der Waals surface area contributed by atoms with Gasteiger partial charge in [-0.15, -0.1) is 0 Å². The summed E-state index contributed by atoms with van der Waals surface area (Å²) in [7, 11) is 0. The molecule has 2 aliphatic rings. The van der Waals surface area contributed by atoms with Crippen LogP contribution >= 0.6 is 11.6 Å². The minimum Gasteiger partial charge on any atom is -0.307 e. The Labute approximate surface area is 111 Å². The van der Waals surface area contributed by atoms with Gasteiger partial charge in [0.1, 0.15) is 0 Å². The Balaban J connectivity index is 1.83. The molecule has 0 unspecified atom stereocenters. The van der Waals surface area contributed by atoms with Crippen LogP contribution in [0.1, 0.15) is 30.1 Å². The molecule has 1 aromatic heterocycles. The number of hydrogen-bond acceptors (Lipinski definition) is 2. The molecule has 3 heterocycles. The number of halogens is 1. The summed E-state index contributed by atoms with van der Waals surface area (Å²) >= 11 is 5.94. The molecule has 4 heteroatoms. The molecule has 1 fully saturated rings. The van der Waals surface area contributed by atoms with Gasteiger partial charge in [-0.05, 0) is 25.0 Å². The largest absolute Gasteiger partial charge is 0.307 e. The molecule has 0 saturated carbocycles. The second-order valence-electron chi connectivity index (χ2n) is 5.17. The zero-order valence-corrected chi connectivity index (χ0v) is 10.7. The van der Waals surface area contributed by atoms with E-state index in [1.165, 1.54) is 24.1 Å². The number of aromatic nitrogens is 2. The van der Waals surface area contributed by atoms with E-state index in [-0.39, 0.29) is 0 Å². The molecular weight excluding hydrogens is 246 g/mol. The number of aromatic amines is 1. The second-order valence-corrected chi connectivity index (χ2v) is 5.61. The summed E-state index contributed by atoms with van der Waals surface area (Å²) in [5, 5.41) is 12.2. The molecule has 2 aromatic rings. The van der Waals surface area contributed by atoms with Gasteiger partial charge in [-0.1, -0.05) is 23.7 Å². The number of rotatable bonds is 1. The van der Waals surface area contributed by atoms with Gasteiger partial charge in [0.15, 0.2) is 0 Å². The van der Waals surface area contributed by atoms with Gasteiger partial charge in [0.2, 0.25) is 0 Å². The summed E-state index contributed by atoms with van der Waals surface area (Å²) < 4.78 is 0. The Kier molecular flexibility index (Phi) is 2.26. The Bertz CT molecular complexity index is 588. The molecule has 2 N–H and O–H groups in total. The highest BCUT2D eigenvalue weighted by Gasteiger charge is 2.35. The third kappa shape index (κ3) is 1.51. The first-order valence-corrected chi connectivity index (χ1v) is 6.78. The maximum absolute atomic E-state index is 5.94. The molecular formula is C14H14ClN3. The Morgan fingerprint density at radius 2 is 2.00 bits per heavy atom. The maximum atomic E-state index is 5.94. The van der Waals surface area contributed by atoms with E-state index in [4.69, 9.17) is 11.6 Å². The number of fused-ring (bicyclic) bond motifs is 4. The average Bonchev–Trinajstić information content (AvgIpc) is 2.96. The lowest BCUT2D eigenvalue weighted by molar-refractivity contribution is 0.511. The Morgan fingerprint density at radius 1 is 1.17 bits per heavy atom. The first-order valence-electron chi connectivity index (χ1n) is 6.40. The highest BCUT2D eigenvalue weighted by Crippen LogP contribution is 2.40. The van der Waals surface area contributed by atoms with Crippen molar-refractivity contribution in [2.45, 2.75) is 31.3 Å². The monoisotopic (exact) mass is 259 g/mol. The van der Waals surface area contributed by atoms with E-state index in [9.17, 15) is 0 Å². The molecule has 4 rings (SSSR count). The van der Waals surface area contributed by atoms with Crippen molar-refractivity contribution in [2.24, 2.45) is 0 Å². The molecule has 2 aliphatic heterocycles. The first kappa shape index (κ1) is 10.6. The fraction of sp³-hybridized carbons (Fsp3) is 0.357. The fourth-order valence-corrected chi connectivity index (χ4v) is 3.33. The van der Waals surface area contributed by atoms with Crippen LogP contribution in [0.3, 0.4) is 0 Å². The van der Waals surface area contributed by atoms with Crippen LogP contribution in [0.4, 0.5) is 0 Å². The van der Waals surface area contributed by atoms with Gasteiger partial charge >= 0.3 is 0 Å². The van der Waals surface area contributed by atoms with Crippen molar-refractivity contribution in [1.82, 2.24) is 15.5 Å². The van der Waals surface area contributed by atoms with Gasteiger partial charge < -0.3 is 5.32 Å². The molecule has 1 aromatic carbocycles. The highest BCUT2D eigenvalue weighted by molar-refractivity contribution is 6.30. The predicted molar refractivity (Wildman–Crippen MR) is 71.6 cm³/mol. The van der Waals surface area contributed by atoms with Crippen molar-refractivity contribution >= 4 is 11.6 Å². The molecule has 3 nitrogen and oxygen atoms in total. The lowest BCUT2D eigenvalue weighted by atomic mass is 9.96. The predicted octanol–water partition coefficient (Wildman–Crippen LogP) is 3.08. The summed E-state index contributed by atoms with van der Waals surface area (Å²) in [5.41, 5.74) is 4.90. The molecule has 2 atom stereocenters. The van der Waals surface area contributed by atoms with Gasteiger partial charge in [-0.2, -0.15) is 5.10 Å². The standard InChI is InChI=1S/C14H14ClN3/c15-9-3-1-8(2-4-9)14-13-11-6-5-10(16-11)7-12(13)17-18-14/h1-4,10-11,16H,5-7H2,(H,17,18)/t10-,11-/m1/s1. The summed E-state index contributed by atoms with van der Waals surface area (Å²) in [6.45, 7) is 0. The van der Waals surface area contributed by atoms with E-state index in [1.54, 1.807) is 0 Å². The molecule has 0 radical (unpaired) electrons. The molecule has 2 bridgehead atoms. The van der Waals surface area contributed by atoms with E-state index in [0.717, 1.165) is 22.7 Å². The summed E-state index contributed by atoms with van der Waals surface area (Å²) in [4.78, 5) is 0. The summed E-state index contributed by atoms with van der Waals surface area (Å²) in [6.07, 6.45) is 3.57. The van der Waals surface area contributed by atoms with Crippen LogP contribution in [0.5, 0.6) is 0 Å². The van der Waals surface area contributed by atoms with Crippen LogP contribution in [0.15, 0.2) is 24.3 Å². The lowest BCUT2D eigenvalue weighted by Crippen LogP contribution is -2.31. The number of nitrogens with zero attached hydrogens (tertiary/aromatic N) is 1. The highest BCUT2D eigenvalue weighted by atomic mass is 35.5. The van der Waals surface area contributed by atoms with Crippen LogP contribution in [0.25, 0.3) is 11.3 Å². The minimum absolute atomic E-state index is 0.475. The van der Waals surface area contributed by atoms with Crippen molar-refractivity contribution in [2.75, 3.05) is 0 Å². The summed E-state index contributed by atoms with van der Waals surface area (Å²) in [6, 6.07) is 9.04. The number of nitrogens with one attached hydrogen (secondary N) is 2. The van der Waals surface area contributed by atoms with Crippen molar-refractivity contribution in [1.29, 1.82) is 0 Å². The van der Waals surface area contributed by atoms with Crippen molar-refractivity contribution in [3.05, 3.63) is 40.5 Å². The van der Waals surface area contributed by atoms with Crippen molar-refractivity contribution in [3.63, 3.8) is 0 Å². The SMILES string of the molecule is Clc1ccc(-c2n[nH]c3c2[C@H]2CC[C@H](C3)N2)cc1. The second kappa shape index (κ2) is 3.84. The van der Waals surface area contributed by atoms with Gasteiger partial charge in [0.05, 0.1) is 5.69 Å². The van der Waals surface area contributed by atoms with Crippen LogP contribution in [-0.4, -0.2) is 16.2 Å². The van der Waals surface area contributed by atoms with Crippen LogP contribution in [-0.2, 0) is 6.42 Å². The minimum atomic E-state index is 0.475. The third-order valence-corrected chi connectivity index (χ3v) is 4.29. The number of benzene rings is 1. The molecule has 0 amide bonds. The van der Waals surface area contributed by atoms with Gasteiger partial charge in [-0.25, -0.2) is 0 Å². The first-order chi connectivity index (χ1) is 8.81. The van der Waals surface area contributed by atoms with E-state index in [1.807, 2.05) is 24.3 Å². The van der Waals surface area contributed by atoms with Crippen LogP contribution < -0.4 is 5.32 Å². The Morgan fingerprint density at radius 3 is 2.83 bits per heavy atom. The quantitative estimate of drug-likeness (QED) is 0.826. The van der Waals surface area contributed by atoms with E-state index >= 15 is 0 Å². The van der Waals surface area contributed by atoms with Gasteiger partial charge in [-0.3, -0.25) is 5.10 Å². The maximum Gasteiger partial charge on any atom is 0.0971 e. The molecule has 92 valence electrons. The summed E-state index contributed by atoms with van der Waals surface area (Å²) in [5.74, 6) is 0. The Hall–Kier alpha value is -1.32. The van der Waals surface area contributed by atoms with E-state index < -0.39 is 0 Å².